The highest BCUT2D eigenvalue weighted by Gasteiger charge is 2.23. The van der Waals surface area contributed by atoms with E-state index in [2.05, 4.69) is 0 Å². The SMILES string of the molecule is COc1cc(OC)cc([C@@H](N)C2CCOCC2)c1. The van der Waals surface area contributed by atoms with Crippen LogP contribution in [0, 0.1) is 5.92 Å². The summed E-state index contributed by atoms with van der Waals surface area (Å²) in [6.07, 6.45) is 2.03. The van der Waals surface area contributed by atoms with Gasteiger partial charge >= 0.3 is 0 Å². The van der Waals surface area contributed by atoms with E-state index in [9.17, 15) is 0 Å². The number of rotatable bonds is 4. The monoisotopic (exact) mass is 251 g/mol. The largest absolute Gasteiger partial charge is 0.497 e. The Kier molecular flexibility index (Phi) is 4.44. The first kappa shape index (κ1) is 13.2. The van der Waals surface area contributed by atoms with Crippen molar-refractivity contribution in [3.8, 4) is 11.5 Å². The zero-order valence-corrected chi connectivity index (χ0v) is 11.0. The molecule has 100 valence electrons. The molecule has 1 aromatic rings. The highest BCUT2D eigenvalue weighted by Crippen LogP contribution is 2.32. The summed E-state index contributed by atoms with van der Waals surface area (Å²) in [5.74, 6) is 2.04. The molecule has 0 bridgehead atoms. The summed E-state index contributed by atoms with van der Waals surface area (Å²) in [5, 5.41) is 0. The van der Waals surface area contributed by atoms with Crippen molar-refractivity contribution in [1.29, 1.82) is 0 Å². The molecule has 1 heterocycles. The molecule has 4 nitrogen and oxygen atoms in total. The molecular weight excluding hydrogens is 230 g/mol. The molecule has 1 aliphatic heterocycles. The molecular formula is C14H21NO3. The van der Waals surface area contributed by atoms with Crippen LogP contribution in [0.3, 0.4) is 0 Å². The van der Waals surface area contributed by atoms with E-state index in [1.807, 2.05) is 18.2 Å². The minimum absolute atomic E-state index is 0.0119. The first-order valence-corrected chi connectivity index (χ1v) is 6.31. The lowest BCUT2D eigenvalue weighted by Gasteiger charge is -2.28. The number of nitrogens with two attached hydrogens (primary N) is 1. The summed E-state index contributed by atoms with van der Waals surface area (Å²) in [6, 6.07) is 5.85. The fourth-order valence-corrected chi connectivity index (χ4v) is 2.37. The Morgan fingerprint density at radius 1 is 1.11 bits per heavy atom. The highest BCUT2D eigenvalue weighted by atomic mass is 16.5. The van der Waals surface area contributed by atoms with Gasteiger partial charge in [-0.1, -0.05) is 0 Å². The molecule has 0 aromatic heterocycles. The minimum Gasteiger partial charge on any atom is -0.497 e. The maximum atomic E-state index is 6.35. The summed E-state index contributed by atoms with van der Waals surface area (Å²) < 4.78 is 15.9. The van der Waals surface area contributed by atoms with Crippen molar-refractivity contribution in [3.05, 3.63) is 23.8 Å². The molecule has 4 heteroatoms. The highest BCUT2D eigenvalue weighted by molar-refractivity contribution is 5.40. The molecule has 0 spiro atoms. The van der Waals surface area contributed by atoms with Gasteiger partial charge in [0.15, 0.2) is 0 Å². The van der Waals surface area contributed by atoms with Gasteiger partial charge in [0.25, 0.3) is 0 Å². The average molecular weight is 251 g/mol. The Morgan fingerprint density at radius 2 is 1.67 bits per heavy atom. The quantitative estimate of drug-likeness (QED) is 0.890. The molecule has 0 amide bonds. The second kappa shape index (κ2) is 6.07. The second-order valence-electron chi connectivity index (χ2n) is 4.62. The molecule has 0 radical (unpaired) electrons. The first-order valence-electron chi connectivity index (χ1n) is 6.31. The van der Waals surface area contributed by atoms with Gasteiger partial charge in [-0.3, -0.25) is 0 Å². The summed E-state index contributed by atoms with van der Waals surface area (Å²) in [6.45, 7) is 1.61. The maximum Gasteiger partial charge on any atom is 0.122 e. The van der Waals surface area contributed by atoms with Gasteiger partial charge in [-0.05, 0) is 36.5 Å². The van der Waals surface area contributed by atoms with Crippen LogP contribution in [-0.4, -0.2) is 27.4 Å². The van der Waals surface area contributed by atoms with E-state index in [4.69, 9.17) is 19.9 Å². The van der Waals surface area contributed by atoms with E-state index in [0.717, 1.165) is 43.1 Å². The zero-order chi connectivity index (χ0) is 13.0. The number of ether oxygens (including phenoxy) is 3. The standard InChI is InChI=1S/C14H21NO3/c1-16-12-7-11(8-13(9-12)17-2)14(15)10-3-5-18-6-4-10/h7-10,14H,3-6,15H2,1-2H3/t14-/m0/s1. The Bertz CT molecular complexity index is 366. The van der Waals surface area contributed by atoms with Crippen LogP contribution in [0.4, 0.5) is 0 Å². The molecule has 1 aliphatic rings. The first-order chi connectivity index (χ1) is 8.74. The summed E-state index contributed by atoms with van der Waals surface area (Å²) in [7, 11) is 3.30. The molecule has 0 aliphatic carbocycles. The normalized spacial score (nSPS) is 18.4. The van der Waals surface area contributed by atoms with Crippen LogP contribution in [0.5, 0.6) is 11.5 Å². The molecule has 1 fully saturated rings. The van der Waals surface area contributed by atoms with E-state index < -0.39 is 0 Å². The van der Waals surface area contributed by atoms with Crippen LogP contribution >= 0.6 is 0 Å². The van der Waals surface area contributed by atoms with Gasteiger partial charge in [-0.25, -0.2) is 0 Å². The van der Waals surface area contributed by atoms with E-state index >= 15 is 0 Å². The summed E-state index contributed by atoms with van der Waals surface area (Å²) in [5.41, 5.74) is 7.42. The van der Waals surface area contributed by atoms with Gasteiger partial charge < -0.3 is 19.9 Å². The molecule has 2 rings (SSSR count). The lowest BCUT2D eigenvalue weighted by molar-refractivity contribution is 0.0583. The van der Waals surface area contributed by atoms with Gasteiger partial charge in [-0.2, -0.15) is 0 Å². The van der Waals surface area contributed by atoms with Crippen molar-refractivity contribution in [3.63, 3.8) is 0 Å². The number of hydrogen-bond donors (Lipinski definition) is 1. The predicted octanol–water partition coefficient (Wildman–Crippen LogP) is 2.13. The van der Waals surface area contributed by atoms with Gasteiger partial charge in [0.05, 0.1) is 14.2 Å². The third-order valence-electron chi connectivity index (χ3n) is 3.53. The molecule has 1 saturated heterocycles. The molecule has 0 saturated carbocycles. The molecule has 1 atom stereocenters. The van der Waals surface area contributed by atoms with E-state index in [1.54, 1.807) is 14.2 Å². The third-order valence-corrected chi connectivity index (χ3v) is 3.53. The number of hydrogen-bond acceptors (Lipinski definition) is 4. The maximum absolute atomic E-state index is 6.35. The lowest BCUT2D eigenvalue weighted by atomic mass is 9.87. The Hall–Kier alpha value is -1.26. The fraction of sp³-hybridized carbons (Fsp3) is 0.571. The predicted molar refractivity (Wildman–Crippen MR) is 70.0 cm³/mol. The number of benzene rings is 1. The average Bonchev–Trinajstić information content (AvgIpc) is 2.46. The van der Waals surface area contributed by atoms with Crippen LogP contribution in [-0.2, 0) is 4.74 Å². The van der Waals surface area contributed by atoms with Crippen LogP contribution < -0.4 is 15.2 Å². The molecule has 18 heavy (non-hydrogen) atoms. The minimum atomic E-state index is 0.0119. The van der Waals surface area contributed by atoms with Crippen LogP contribution in [0.2, 0.25) is 0 Å². The van der Waals surface area contributed by atoms with Crippen molar-refractivity contribution >= 4 is 0 Å². The van der Waals surface area contributed by atoms with Crippen molar-refractivity contribution < 1.29 is 14.2 Å². The van der Waals surface area contributed by atoms with Crippen molar-refractivity contribution in [2.24, 2.45) is 11.7 Å². The summed E-state index contributed by atoms with van der Waals surface area (Å²) in [4.78, 5) is 0. The summed E-state index contributed by atoms with van der Waals surface area (Å²) >= 11 is 0. The topological polar surface area (TPSA) is 53.7 Å². The number of methoxy groups -OCH3 is 2. The second-order valence-corrected chi connectivity index (χ2v) is 4.62. The fourth-order valence-electron chi connectivity index (χ4n) is 2.37. The Morgan fingerprint density at radius 3 is 2.17 bits per heavy atom. The van der Waals surface area contributed by atoms with Crippen LogP contribution in [0.1, 0.15) is 24.4 Å². The molecule has 1 aromatic carbocycles. The van der Waals surface area contributed by atoms with E-state index in [-0.39, 0.29) is 6.04 Å². The van der Waals surface area contributed by atoms with Crippen LogP contribution in [0.15, 0.2) is 18.2 Å². The van der Waals surface area contributed by atoms with Crippen molar-refractivity contribution in [1.82, 2.24) is 0 Å². The molecule has 0 unspecified atom stereocenters. The van der Waals surface area contributed by atoms with Gasteiger partial charge in [0.2, 0.25) is 0 Å². The Labute approximate surface area is 108 Å². The van der Waals surface area contributed by atoms with Gasteiger partial charge in [-0.15, -0.1) is 0 Å². The van der Waals surface area contributed by atoms with Gasteiger partial charge in [0, 0.05) is 25.3 Å². The molecule has 2 N–H and O–H groups in total. The van der Waals surface area contributed by atoms with Gasteiger partial charge in [0.1, 0.15) is 11.5 Å². The Balaban J connectivity index is 2.19. The lowest BCUT2D eigenvalue weighted by Crippen LogP contribution is -2.27. The van der Waals surface area contributed by atoms with Crippen LogP contribution in [0.25, 0.3) is 0 Å². The van der Waals surface area contributed by atoms with Crippen molar-refractivity contribution in [2.75, 3.05) is 27.4 Å². The van der Waals surface area contributed by atoms with E-state index in [1.165, 1.54) is 0 Å². The smallest absolute Gasteiger partial charge is 0.122 e. The van der Waals surface area contributed by atoms with E-state index in [0.29, 0.717) is 5.92 Å². The van der Waals surface area contributed by atoms with Crippen molar-refractivity contribution in [2.45, 2.75) is 18.9 Å². The zero-order valence-electron chi connectivity index (χ0n) is 11.0. The third kappa shape index (κ3) is 2.94.